The van der Waals surface area contributed by atoms with Gasteiger partial charge in [0.05, 0.1) is 23.3 Å². The lowest BCUT2D eigenvalue weighted by Crippen LogP contribution is -2.21. The molecule has 4 heterocycles. The number of benzene rings is 2. The number of aromatic amines is 1. The molecule has 1 N–H and O–H groups in total. The van der Waals surface area contributed by atoms with Gasteiger partial charge in [-0.3, -0.25) is 0 Å². The Labute approximate surface area is 205 Å². The molecule has 5 aromatic rings. The number of imidazole rings is 1. The third-order valence-corrected chi connectivity index (χ3v) is 6.94. The molecular weight excluding hydrogens is 465 g/mol. The minimum absolute atomic E-state index is 0.275. The number of alkyl halides is 3. The van der Waals surface area contributed by atoms with Gasteiger partial charge in [0.15, 0.2) is 5.82 Å². The van der Waals surface area contributed by atoms with E-state index in [1.54, 1.807) is 23.1 Å². The molecule has 3 aromatic heterocycles. The summed E-state index contributed by atoms with van der Waals surface area (Å²) < 4.78 is 45.7. The molecule has 0 radical (unpaired) electrons. The first-order valence-electron chi connectivity index (χ1n) is 12.1. The second-order valence-electron chi connectivity index (χ2n) is 9.36. The molecule has 0 fully saturated rings. The van der Waals surface area contributed by atoms with Crippen molar-refractivity contribution in [1.82, 2.24) is 29.3 Å². The highest BCUT2D eigenvalue weighted by Gasteiger charge is 2.38. The van der Waals surface area contributed by atoms with Crippen LogP contribution in [0.15, 0.2) is 55.0 Å². The summed E-state index contributed by atoms with van der Waals surface area (Å²) in [6, 6.07) is 12.7. The van der Waals surface area contributed by atoms with Gasteiger partial charge in [-0.15, -0.1) is 5.10 Å². The van der Waals surface area contributed by atoms with Crippen LogP contribution in [0.1, 0.15) is 53.9 Å². The van der Waals surface area contributed by atoms with Crippen LogP contribution >= 0.6 is 0 Å². The van der Waals surface area contributed by atoms with Gasteiger partial charge in [-0.1, -0.05) is 19.1 Å². The van der Waals surface area contributed by atoms with Crippen LogP contribution in [-0.4, -0.2) is 29.3 Å². The van der Waals surface area contributed by atoms with E-state index < -0.39 is 17.7 Å². The Hall–Kier alpha value is -3.88. The summed E-state index contributed by atoms with van der Waals surface area (Å²) in [6.45, 7) is 4.44. The normalized spacial score (nSPS) is 16.0. The van der Waals surface area contributed by atoms with E-state index in [0.29, 0.717) is 36.6 Å². The van der Waals surface area contributed by atoms with Gasteiger partial charge >= 0.3 is 6.18 Å². The van der Waals surface area contributed by atoms with Crippen molar-refractivity contribution in [3.63, 3.8) is 0 Å². The fourth-order valence-electron chi connectivity index (χ4n) is 5.10. The zero-order valence-electron chi connectivity index (χ0n) is 20.0. The molecular formula is C27H25F3N6. The smallest absolute Gasteiger partial charge is 0.352 e. The highest BCUT2D eigenvalue weighted by atomic mass is 19.4. The van der Waals surface area contributed by atoms with E-state index in [1.165, 1.54) is 6.07 Å². The largest absolute Gasteiger partial charge is 0.416 e. The number of aromatic nitrogens is 6. The van der Waals surface area contributed by atoms with Crippen molar-refractivity contribution >= 4 is 10.9 Å². The number of halogens is 3. The maximum absolute atomic E-state index is 14.0. The monoisotopic (exact) mass is 490 g/mol. The van der Waals surface area contributed by atoms with E-state index in [2.05, 4.69) is 21.1 Å². The number of H-pyrrole nitrogens is 1. The summed E-state index contributed by atoms with van der Waals surface area (Å²) in [6.07, 6.45) is 1.21. The fourth-order valence-corrected chi connectivity index (χ4v) is 5.10. The minimum atomic E-state index is -4.42. The predicted octanol–water partition coefficient (Wildman–Crippen LogP) is 6.43. The predicted molar refractivity (Wildman–Crippen MR) is 131 cm³/mol. The molecule has 184 valence electrons. The van der Waals surface area contributed by atoms with Crippen molar-refractivity contribution in [2.45, 2.75) is 51.7 Å². The van der Waals surface area contributed by atoms with Crippen LogP contribution < -0.4 is 0 Å². The SMILES string of the molecule is CCc1ccc(C2CCCn3nc(-c4cc5cc(-n6cnc(C)c6)ccc5[nH]4)nc32)c(C(F)(F)F)c1. The first-order chi connectivity index (χ1) is 17.3. The molecule has 36 heavy (non-hydrogen) atoms. The zero-order chi connectivity index (χ0) is 25.0. The van der Waals surface area contributed by atoms with Crippen molar-refractivity contribution in [3.05, 3.63) is 83.2 Å². The van der Waals surface area contributed by atoms with Crippen molar-refractivity contribution < 1.29 is 13.2 Å². The lowest BCUT2D eigenvalue weighted by atomic mass is 9.86. The molecule has 0 saturated carbocycles. The Morgan fingerprint density at radius 2 is 1.97 bits per heavy atom. The number of hydrogen-bond acceptors (Lipinski definition) is 3. The van der Waals surface area contributed by atoms with E-state index in [4.69, 9.17) is 4.98 Å². The van der Waals surface area contributed by atoms with Gasteiger partial charge in [0.25, 0.3) is 0 Å². The standard InChI is InChI=1S/C27H25F3N6/c1-3-17-6-8-20(22(11-17)27(28,29)30)21-5-4-10-36-26(21)33-25(34-36)24-13-18-12-19(7-9-23(18)32-24)35-14-16(2)31-15-35/h6-9,11-15,21,32H,3-5,10H2,1-2H3. The van der Waals surface area contributed by atoms with Gasteiger partial charge in [-0.2, -0.15) is 13.2 Å². The van der Waals surface area contributed by atoms with Crippen LogP contribution in [0, 0.1) is 6.92 Å². The van der Waals surface area contributed by atoms with Gasteiger partial charge in [0.1, 0.15) is 5.82 Å². The van der Waals surface area contributed by atoms with Gasteiger partial charge in [-0.25, -0.2) is 14.6 Å². The number of fused-ring (bicyclic) bond motifs is 2. The number of hydrogen-bond donors (Lipinski definition) is 1. The number of nitrogens with zero attached hydrogens (tertiary/aromatic N) is 5. The topological polar surface area (TPSA) is 64.3 Å². The summed E-state index contributed by atoms with van der Waals surface area (Å²) in [5.41, 5.74) is 3.97. The first-order valence-corrected chi connectivity index (χ1v) is 12.1. The molecule has 1 atom stereocenters. The molecule has 0 aliphatic carbocycles. The Bertz CT molecular complexity index is 1570. The molecule has 0 saturated heterocycles. The summed E-state index contributed by atoms with van der Waals surface area (Å²) in [4.78, 5) is 12.4. The minimum Gasteiger partial charge on any atom is -0.352 e. The number of rotatable bonds is 4. The first kappa shape index (κ1) is 22.6. The highest BCUT2D eigenvalue weighted by molar-refractivity contribution is 5.86. The molecule has 0 amide bonds. The fraction of sp³-hybridized carbons (Fsp3) is 0.296. The molecule has 9 heteroatoms. The molecule has 1 aliphatic rings. The average molecular weight is 491 g/mol. The van der Waals surface area contributed by atoms with Crippen molar-refractivity contribution in [2.24, 2.45) is 0 Å². The van der Waals surface area contributed by atoms with Crippen molar-refractivity contribution in [2.75, 3.05) is 0 Å². The highest BCUT2D eigenvalue weighted by Crippen LogP contribution is 2.41. The van der Waals surface area contributed by atoms with E-state index in [9.17, 15) is 13.2 Å². The lowest BCUT2D eigenvalue weighted by molar-refractivity contribution is -0.138. The third-order valence-electron chi connectivity index (χ3n) is 6.94. The van der Waals surface area contributed by atoms with Crippen LogP contribution in [0.5, 0.6) is 0 Å². The second kappa shape index (κ2) is 8.36. The second-order valence-corrected chi connectivity index (χ2v) is 9.36. The van der Waals surface area contributed by atoms with E-state index in [1.807, 2.05) is 42.8 Å². The van der Waals surface area contributed by atoms with E-state index >= 15 is 0 Å². The quantitative estimate of drug-likeness (QED) is 0.316. The molecule has 1 aliphatic heterocycles. The molecule has 0 bridgehead atoms. The number of aryl methyl sites for hydroxylation is 3. The van der Waals surface area contributed by atoms with Crippen molar-refractivity contribution in [1.29, 1.82) is 0 Å². The lowest BCUT2D eigenvalue weighted by Gasteiger charge is -2.25. The summed E-state index contributed by atoms with van der Waals surface area (Å²) in [7, 11) is 0. The van der Waals surface area contributed by atoms with Crippen LogP contribution in [0.3, 0.4) is 0 Å². The molecule has 2 aromatic carbocycles. The van der Waals surface area contributed by atoms with Crippen LogP contribution in [-0.2, 0) is 19.1 Å². The summed E-state index contributed by atoms with van der Waals surface area (Å²) in [5.74, 6) is 0.620. The van der Waals surface area contributed by atoms with Gasteiger partial charge in [0.2, 0.25) is 0 Å². The van der Waals surface area contributed by atoms with Crippen LogP contribution in [0.25, 0.3) is 28.1 Å². The van der Waals surface area contributed by atoms with Gasteiger partial charge in [-0.05, 0) is 67.6 Å². The maximum Gasteiger partial charge on any atom is 0.416 e. The molecule has 0 spiro atoms. The Balaban J connectivity index is 1.39. The maximum atomic E-state index is 14.0. The zero-order valence-corrected chi connectivity index (χ0v) is 20.0. The summed E-state index contributed by atoms with van der Waals surface area (Å²) in [5, 5.41) is 5.67. The third kappa shape index (κ3) is 3.88. The van der Waals surface area contributed by atoms with Gasteiger partial charge in [0, 0.05) is 35.2 Å². The van der Waals surface area contributed by atoms with Crippen LogP contribution in [0.4, 0.5) is 13.2 Å². The van der Waals surface area contributed by atoms with E-state index in [-0.39, 0.29) is 5.56 Å². The molecule has 6 nitrogen and oxygen atoms in total. The van der Waals surface area contributed by atoms with E-state index in [0.717, 1.165) is 34.4 Å². The number of nitrogens with one attached hydrogen (secondary N) is 1. The summed E-state index contributed by atoms with van der Waals surface area (Å²) >= 11 is 0. The van der Waals surface area contributed by atoms with Crippen LogP contribution in [0.2, 0.25) is 0 Å². The Morgan fingerprint density at radius 1 is 1.11 bits per heavy atom. The molecule has 6 rings (SSSR count). The van der Waals surface area contributed by atoms with Gasteiger partial charge < -0.3 is 9.55 Å². The molecule has 1 unspecified atom stereocenters. The Kier molecular flexibility index (Phi) is 5.24. The average Bonchev–Trinajstić information content (AvgIpc) is 3.59. The van der Waals surface area contributed by atoms with Crippen molar-refractivity contribution in [3.8, 4) is 17.2 Å². The Morgan fingerprint density at radius 3 is 2.72 bits per heavy atom.